The van der Waals surface area contributed by atoms with Crippen molar-refractivity contribution in [2.24, 2.45) is 0 Å². The third-order valence-electron chi connectivity index (χ3n) is 2.56. The predicted octanol–water partition coefficient (Wildman–Crippen LogP) is 5.55. The highest BCUT2D eigenvalue weighted by molar-refractivity contribution is 9.10. The Labute approximate surface area is 125 Å². The summed E-state index contributed by atoms with van der Waals surface area (Å²) in [5, 5.41) is -0.164. The number of halogens is 2. The van der Waals surface area contributed by atoms with Gasteiger partial charge in [0.15, 0.2) is 0 Å². The monoisotopic (exact) mass is 344 g/mol. The molecule has 0 spiro atoms. The van der Waals surface area contributed by atoms with Crippen LogP contribution in [0.2, 0.25) is 0 Å². The first-order valence-electron chi connectivity index (χ1n) is 5.74. The van der Waals surface area contributed by atoms with Crippen LogP contribution < -0.4 is 4.74 Å². The van der Waals surface area contributed by atoms with Gasteiger partial charge in [0.2, 0.25) is 0 Å². The van der Waals surface area contributed by atoms with E-state index in [1.165, 1.54) is 4.88 Å². The highest BCUT2D eigenvalue weighted by Crippen LogP contribution is 2.39. The lowest BCUT2D eigenvalue weighted by molar-refractivity contribution is 0.337. The van der Waals surface area contributed by atoms with E-state index in [1.54, 1.807) is 11.3 Å². The number of alkyl halides is 1. The Balaban J connectivity index is 2.39. The second kappa shape index (κ2) is 6.09. The van der Waals surface area contributed by atoms with Crippen molar-refractivity contribution in [3.63, 3.8) is 0 Å². The summed E-state index contributed by atoms with van der Waals surface area (Å²) in [4.78, 5) is 2.41. The minimum absolute atomic E-state index is 0.164. The van der Waals surface area contributed by atoms with Crippen LogP contribution in [0.25, 0.3) is 0 Å². The Bertz CT molecular complexity index is 538. The molecule has 0 N–H and O–H groups in total. The van der Waals surface area contributed by atoms with Gasteiger partial charge in [0.05, 0.1) is 12.0 Å². The number of hydrogen-bond acceptors (Lipinski definition) is 2. The molecule has 0 aliphatic rings. The zero-order valence-corrected chi connectivity index (χ0v) is 13.4. The topological polar surface area (TPSA) is 9.23 Å². The van der Waals surface area contributed by atoms with E-state index in [1.807, 2.05) is 25.1 Å². The number of thiophene rings is 1. The van der Waals surface area contributed by atoms with E-state index < -0.39 is 0 Å². The molecule has 1 heterocycles. The fraction of sp³-hybridized carbons (Fsp3) is 0.286. The summed E-state index contributed by atoms with van der Waals surface area (Å²) in [6, 6.07) is 10.1. The molecule has 2 rings (SSSR count). The summed E-state index contributed by atoms with van der Waals surface area (Å²) < 4.78 is 6.65. The van der Waals surface area contributed by atoms with Gasteiger partial charge >= 0.3 is 0 Å². The van der Waals surface area contributed by atoms with Crippen LogP contribution in [0.1, 0.15) is 27.6 Å². The highest BCUT2D eigenvalue weighted by atomic mass is 79.9. The first-order valence-corrected chi connectivity index (χ1v) is 7.79. The Morgan fingerprint density at radius 1 is 1.33 bits per heavy atom. The molecule has 0 radical (unpaired) electrons. The average molecular weight is 346 g/mol. The van der Waals surface area contributed by atoms with Crippen LogP contribution in [0.5, 0.6) is 5.75 Å². The fourth-order valence-corrected chi connectivity index (χ4v) is 3.38. The standard InChI is InChI=1S/C14H14BrClOS/c1-3-17-12-6-5-10(15)8-11(12)14(16)13-7-4-9(2)18-13/h4-8,14H,3H2,1-2H3. The van der Waals surface area contributed by atoms with Gasteiger partial charge in [-0.3, -0.25) is 0 Å². The van der Waals surface area contributed by atoms with E-state index in [0.29, 0.717) is 6.61 Å². The van der Waals surface area contributed by atoms with Crippen molar-refractivity contribution in [1.29, 1.82) is 0 Å². The van der Waals surface area contributed by atoms with Crippen molar-refractivity contribution >= 4 is 38.9 Å². The van der Waals surface area contributed by atoms with Crippen LogP contribution in [0, 0.1) is 6.92 Å². The quantitative estimate of drug-likeness (QED) is 0.660. The number of ether oxygens (including phenoxy) is 1. The SMILES string of the molecule is CCOc1ccc(Br)cc1C(Cl)c1ccc(C)s1. The van der Waals surface area contributed by atoms with Gasteiger partial charge in [-0.1, -0.05) is 15.9 Å². The van der Waals surface area contributed by atoms with E-state index in [0.717, 1.165) is 20.7 Å². The molecule has 0 amide bonds. The molecule has 96 valence electrons. The third-order valence-corrected chi connectivity index (χ3v) is 4.71. The average Bonchev–Trinajstić information content (AvgIpc) is 2.77. The predicted molar refractivity (Wildman–Crippen MR) is 82.1 cm³/mol. The minimum atomic E-state index is -0.164. The molecule has 0 aliphatic carbocycles. The molecular weight excluding hydrogens is 332 g/mol. The molecule has 0 saturated heterocycles. The van der Waals surface area contributed by atoms with E-state index in [9.17, 15) is 0 Å². The number of benzene rings is 1. The molecule has 1 aromatic carbocycles. The molecule has 0 bridgehead atoms. The van der Waals surface area contributed by atoms with Gasteiger partial charge in [0.1, 0.15) is 5.75 Å². The Hall–Kier alpha value is -0.510. The zero-order chi connectivity index (χ0) is 13.1. The lowest BCUT2D eigenvalue weighted by atomic mass is 10.1. The van der Waals surface area contributed by atoms with Crippen LogP contribution in [0.4, 0.5) is 0 Å². The van der Waals surface area contributed by atoms with Crippen LogP contribution in [0.3, 0.4) is 0 Å². The minimum Gasteiger partial charge on any atom is -0.494 e. The summed E-state index contributed by atoms with van der Waals surface area (Å²) in [7, 11) is 0. The van der Waals surface area contributed by atoms with Crippen molar-refractivity contribution in [1.82, 2.24) is 0 Å². The largest absolute Gasteiger partial charge is 0.494 e. The van der Waals surface area contributed by atoms with Gasteiger partial charge in [-0.2, -0.15) is 0 Å². The Morgan fingerprint density at radius 2 is 2.11 bits per heavy atom. The lowest BCUT2D eigenvalue weighted by Crippen LogP contribution is -1.99. The molecule has 0 aliphatic heterocycles. The molecule has 0 saturated carbocycles. The molecule has 4 heteroatoms. The van der Waals surface area contributed by atoms with Gasteiger partial charge in [-0.15, -0.1) is 22.9 Å². The Kier molecular flexibility index (Phi) is 4.71. The van der Waals surface area contributed by atoms with Crippen LogP contribution >= 0.6 is 38.9 Å². The molecule has 18 heavy (non-hydrogen) atoms. The van der Waals surface area contributed by atoms with Gasteiger partial charge in [0.25, 0.3) is 0 Å². The summed E-state index contributed by atoms with van der Waals surface area (Å²) >= 11 is 11.8. The van der Waals surface area contributed by atoms with Gasteiger partial charge in [-0.05, 0) is 44.2 Å². The maximum atomic E-state index is 6.57. The fourth-order valence-electron chi connectivity index (χ4n) is 1.75. The third kappa shape index (κ3) is 3.08. The van der Waals surface area contributed by atoms with E-state index in [2.05, 4.69) is 35.0 Å². The number of hydrogen-bond donors (Lipinski definition) is 0. The maximum absolute atomic E-state index is 6.57. The van der Waals surface area contributed by atoms with Crippen molar-refractivity contribution < 1.29 is 4.74 Å². The van der Waals surface area contributed by atoms with Gasteiger partial charge in [0, 0.05) is 19.8 Å². The van der Waals surface area contributed by atoms with Gasteiger partial charge < -0.3 is 4.74 Å². The molecule has 1 unspecified atom stereocenters. The molecule has 0 fully saturated rings. The smallest absolute Gasteiger partial charge is 0.124 e. The van der Waals surface area contributed by atoms with Crippen LogP contribution in [-0.4, -0.2) is 6.61 Å². The molecular formula is C14H14BrClOS. The number of rotatable bonds is 4. The van der Waals surface area contributed by atoms with Crippen molar-refractivity contribution in [2.45, 2.75) is 19.2 Å². The molecule has 1 atom stereocenters. The van der Waals surface area contributed by atoms with Crippen molar-refractivity contribution in [2.75, 3.05) is 6.61 Å². The highest BCUT2D eigenvalue weighted by Gasteiger charge is 2.17. The number of aryl methyl sites for hydroxylation is 1. The molecule has 1 nitrogen and oxygen atoms in total. The van der Waals surface area contributed by atoms with E-state index >= 15 is 0 Å². The second-order valence-electron chi connectivity index (χ2n) is 3.93. The van der Waals surface area contributed by atoms with Gasteiger partial charge in [-0.25, -0.2) is 0 Å². The summed E-state index contributed by atoms with van der Waals surface area (Å²) in [5.74, 6) is 0.853. The lowest BCUT2D eigenvalue weighted by Gasteiger charge is -2.14. The first kappa shape index (κ1) is 13.9. The Morgan fingerprint density at radius 3 is 2.72 bits per heavy atom. The maximum Gasteiger partial charge on any atom is 0.124 e. The van der Waals surface area contributed by atoms with Crippen molar-refractivity contribution in [3.8, 4) is 5.75 Å². The first-order chi connectivity index (χ1) is 8.61. The summed E-state index contributed by atoms with van der Waals surface area (Å²) in [6.07, 6.45) is 0. The summed E-state index contributed by atoms with van der Waals surface area (Å²) in [5.41, 5.74) is 1.01. The summed E-state index contributed by atoms with van der Waals surface area (Å²) in [6.45, 7) is 4.70. The second-order valence-corrected chi connectivity index (χ2v) is 6.60. The molecule has 2 aromatic rings. The van der Waals surface area contributed by atoms with Crippen LogP contribution in [-0.2, 0) is 0 Å². The van der Waals surface area contributed by atoms with Crippen molar-refractivity contribution in [3.05, 3.63) is 50.1 Å². The van der Waals surface area contributed by atoms with E-state index in [-0.39, 0.29) is 5.38 Å². The zero-order valence-electron chi connectivity index (χ0n) is 10.2. The van der Waals surface area contributed by atoms with E-state index in [4.69, 9.17) is 16.3 Å². The molecule has 1 aromatic heterocycles. The van der Waals surface area contributed by atoms with Crippen LogP contribution in [0.15, 0.2) is 34.8 Å². The normalized spacial score (nSPS) is 12.4.